The van der Waals surface area contributed by atoms with Crippen LogP contribution in [-0.4, -0.2) is 5.97 Å². The van der Waals surface area contributed by atoms with Crippen molar-refractivity contribution in [3.05, 3.63) is 51.9 Å². The zero-order valence-electron chi connectivity index (χ0n) is 11.1. The first-order valence-electron chi connectivity index (χ1n) is 5.82. The Labute approximate surface area is 110 Å². The van der Waals surface area contributed by atoms with Gasteiger partial charge >= 0.3 is 11.6 Å². The molecule has 0 atom stereocenters. The molecular weight excluding hydrogens is 244 g/mol. The molecule has 0 unspecified atom stereocenters. The van der Waals surface area contributed by atoms with Crippen LogP contribution in [0.1, 0.15) is 18.1 Å². The smallest absolute Gasteiger partial charge is 0.339 e. The maximum absolute atomic E-state index is 11.6. The summed E-state index contributed by atoms with van der Waals surface area (Å²) in [6.45, 7) is 8.65. The lowest BCUT2D eigenvalue weighted by atomic mass is 10.1. The fourth-order valence-corrected chi connectivity index (χ4v) is 1.69. The third-order valence-corrected chi connectivity index (χ3v) is 2.99. The van der Waals surface area contributed by atoms with Crippen LogP contribution in [0.4, 0.5) is 0 Å². The monoisotopic (exact) mass is 258 g/mol. The molecule has 1 aromatic carbocycles. The van der Waals surface area contributed by atoms with Gasteiger partial charge in [0, 0.05) is 22.6 Å². The number of aryl methyl sites for hydroxylation is 1. The van der Waals surface area contributed by atoms with Crippen molar-refractivity contribution in [1.82, 2.24) is 0 Å². The summed E-state index contributed by atoms with van der Waals surface area (Å²) in [6, 6.07) is 4.96. The minimum Gasteiger partial charge on any atom is -0.423 e. The van der Waals surface area contributed by atoms with Crippen LogP contribution in [0.15, 0.2) is 39.6 Å². The van der Waals surface area contributed by atoms with E-state index in [2.05, 4.69) is 6.58 Å². The summed E-state index contributed by atoms with van der Waals surface area (Å²) in [5, 5.41) is 0.826. The zero-order valence-corrected chi connectivity index (χ0v) is 11.1. The Morgan fingerprint density at radius 2 is 1.95 bits per heavy atom. The van der Waals surface area contributed by atoms with Gasteiger partial charge in [0.25, 0.3) is 0 Å². The molecule has 0 N–H and O–H groups in total. The SMILES string of the molecule is C=C(C)C(=O)Oc1ccc2c(C)c(C)c(=O)oc2c1. The number of esters is 1. The van der Waals surface area contributed by atoms with Crippen LogP contribution in [0.5, 0.6) is 5.75 Å². The molecule has 0 aliphatic heterocycles. The molecule has 4 heteroatoms. The lowest BCUT2D eigenvalue weighted by molar-refractivity contribution is -0.130. The van der Waals surface area contributed by atoms with Gasteiger partial charge in [-0.1, -0.05) is 6.58 Å². The molecule has 0 bridgehead atoms. The number of hydrogen-bond acceptors (Lipinski definition) is 4. The molecule has 2 aromatic rings. The van der Waals surface area contributed by atoms with Crippen molar-refractivity contribution < 1.29 is 13.9 Å². The van der Waals surface area contributed by atoms with E-state index in [1.54, 1.807) is 26.0 Å². The molecule has 1 heterocycles. The first kappa shape index (κ1) is 13.1. The number of hydrogen-bond donors (Lipinski definition) is 0. The van der Waals surface area contributed by atoms with Gasteiger partial charge in [0.2, 0.25) is 0 Å². The highest BCUT2D eigenvalue weighted by atomic mass is 16.5. The molecule has 19 heavy (non-hydrogen) atoms. The molecule has 2 rings (SSSR count). The summed E-state index contributed by atoms with van der Waals surface area (Å²) in [6.07, 6.45) is 0. The van der Waals surface area contributed by atoms with Crippen molar-refractivity contribution in [3.8, 4) is 5.75 Å². The average Bonchev–Trinajstić information content (AvgIpc) is 2.35. The summed E-state index contributed by atoms with van der Waals surface area (Å²) in [5.74, 6) is -0.183. The van der Waals surface area contributed by atoms with E-state index in [1.807, 2.05) is 6.92 Å². The third-order valence-electron chi connectivity index (χ3n) is 2.99. The van der Waals surface area contributed by atoms with Crippen molar-refractivity contribution in [3.63, 3.8) is 0 Å². The molecule has 0 amide bonds. The van der Waals surface area contributed by atoms with Crippen LogP contribution in [0, 0.1) is 13.8 Å². The zero-order chi connectivity index (χ0) is 14.2. The van der Waals surface area contributed by atoms with Gasteiger partial charge in [-0.25, -0.2) is 9.59 Å². The van der Waals surface area contributed by atoms with E-state index in [0.29, 0.717) is 22.5 Å². The van der Waals surface area contributed by atoms with E-state index in [4.69, 9.17) is 9.15 Å². The van der Waals surface area contributed by atoms with Crippen molar-refractivity contribution >= 4 is 16.9 Å². The second-order valence-corrected chi connectivity index (χ2v) is 4.47. The predicted molar refractivity (Wildman–Crippen MR) is 72.4 cm³/mol. The van der Waals surface area contributed by atoms with Crippen molar-refractivity contribution in [2.45, 2.75) is 20.8 Å². The molecule has 0 radical (unpaired) electrons. The normalized spacial score (nSPS) is 10.5. The second kappa shape index (κ2) is 4.72. The summed E-state index contributed by atoms with van der Waals surface area (Å²) in [4.78, 5) is 23.0. The van der Waals surface area contributed by atoms with Gasteiger partial charge in [0.1, 0.15) is 11.3 Å². The Morgan fingerprint density at radius 1 is 1.26 bits per heavy atom. The van der Waals surface area contributed by atoms with Crippen LogP contribution in [0.25, 0.3) is 11.0 Å². The highest BCUT2D eigenvalue weighted by Crippen LogP contribution is 2.24. The topological polar surface area (TPSA) is 56.5 Å². The molecule has 0 fully saturated rings. The van der Waals surface area contributed by atoms with Gasteiger partial charge in [-0.2, -0.15) is 0 Å². The number of rotatable bonds is 2. The first-order chi connectivity index (χ1) is 8.90. The first-order valence-corrected chi connectivity index (χ1v) is 5.82. The van der Waals surface area contributed by atoms with Crippen molar-refractivity contribution in [2.75, 3.05) is 0 Å². The van der Waals surface area contributed by atoms with Crippen LogP contribution in [0.2, 0.25) is 0 Å². The standard InChI is InChI=1S/C15H14O4/c1-8(2)14(16)18-11-5-6-12-9(3)10(4)15(17)19-13(12)7-11/h5-7H,1H2,2-4H3. The van der Waals surface area contributed by atoms with Crippen LogP contribution >= 0.6 is 0 Å². The Morgan fingerprint density at radius 3 is 2.58 bits per heavy atom. The molecule has 0 aliphatic carbocycles. The van der Waals surface area contributed by atoms with Crippen LogP contribution in [-0.2, 0) is 4.79 Å². The summed E-state index contributed by atoms with van der Waals surface area (Å²) in [5.41, 5.74) is 1.78. The molecule has 0 saturated carbocycles. The molecule has 0 saturated heterocycles. The summed E-state index contributed by atoms with van der Waals surface area (Å²) >= 11 is 0. The lowest BCUT2D eigenvalue weighted by Gasteiger charge is -2.07. The van der Waals surface area contributed by atoms with E-state index in [9.17, 15) is 9.59 Å². The fraction of sp³-hybridized carbons (Fsp3) is 0.200. The van der Waals surface area contributed by atoms with Gasteiger partial charge in [-0.15, -0.1) is 0 Å². The fourth-order valence-electron chi connectivity index (χ4n) is 1.69. The van der Waals surface area contributed by atoms with E-state index < -0.39 is 5.97 Å². The molecular formula is C15H14O4. The Hall–Kier alpha value is -2.36. The second-order valence-electron chi connectivity index (χ2n) is 4.47. The van der Waals surface area contributed by atoms with E-state index in [-0.39, 0.29) is 5.63 Å². The largest absolute Gasteiger partial charge is 0.423 e. The van der Waals surface area contributed by atoms with E-state index in [1.165, 1.54) is 6.07 Å². The number of benzene rings is 1. The summed E-state index contributed by atoms with van der Waals surface area (Å²) < 4.78 is 10.3. The Bertz CT molecular complexity index is 738. The van der Waals surface area contributed by atoms with Crippen molar-refractivity contribution in [1.29, 1.82) is 0 Å². The highest BCUT2D eigenvalue weighted by Gasteiger charge is 2.10. The molecule has 0 spiro atoms. The summed E-state index contributed by atoms with van der Waals surface area (Å²) in [7, 11) is 0. The minimum absolute atomic E-state index is 0.307. The van der Waals surface area contributed by atoms with Gasteiger partial charge in [-0.05, 0) is 38.5 Å². The molecule has 0 aliphatic rings. The van der Waals surface area contributed by atoms with Gasteiger partial charge in [0.15, 0.2) is 0 Å². The number of fused-ring (bicyclic) bond motifs is 1. The predicted octanol–water partition coefficient (Wildman–Crippen LogP) is 2.89. The average molecular weight is 258 g/mol. The van der Waals surface area contributed by atoms with Gasteiger partial charge in [-0.3, -0.25) is 0 Å². The quantitative estimate of drug-likeness (QED) is 0.360. The lowest BCUT2D eigenvalue weighted by Crippen LogP contribution is -2.09. The van der Waals surface area contributed by atoms with Gasteiger partial charge in [0.05, 0.1) is 0 Å². The molecule has 98 valence electrons. The van der Waals surface area contributed by atoms with Gasteiger partial charge < -0.3 is 9.15 Å². The van der Waals surface area contributed by atoms with E-state index in [0.717, 1.165) is 10.9 Å². The molecule has 1 aromatic heterocycles. The molecule has 4 nitrogen and oxygen atoms in total. The number of carbonyl (C=O) groups excluding carboxylic acids is 1. The van der Waals surface area contributed by atoms with E-state index >= 15 is 0 Å². The van der Waals surface area contributed by atoms with Crippen molar-refractivity contribution in [2.24, 2.45) is 0 Å². The Balaban J connectivity index is 2.53. The number of carbonyl (C=O) groups is 1. The number of ether oxygens (including phenoxy) is 1. The van der Waals surface area contributed by atoms with Crippen LogP contribution < -0.4 is 10.4 Å². The Kier molecular flexibility index (Phi) is 3.25. The third kappa shape index (κ3) is 2.42. The maximum atomic E-state index is 11.6. The van der Waals surface area contributed by atoms with Crippen LogP contribution in [0.3, 0.4) is 0 Å². The minimum atomic E-state index is -0.509. The maximum Gasteiger partial charge on any atom is 0.339 e. The highest BCUT2D eigenvalue weighted by molar-refractivity contribution is 5.90.